The van der Waals surface area contributed by atoms with E-state index in [1.165, 1.54) is 12.1 Å². The Morgan fingerprint density at radius 1 is 0.889 bits per heavy atom. The zero-order valence-electron chi connectivity index (χ0n) is 14.4. The van der Waals surface area contributed by atoms with E-state index in [0.29, 0.717) is 16.8 Å². The molecule has 3 nitrogen and oxygen atoms in total. The molecule has 0 amide bonds. The highest BCUT2D eigenvalue weighted by atomic mass is 19.1. The SMILES string of the molecule is O=C(OCc1ccccc1)c1cc(-c2ccc(F)cc2)nc2ccccc12. The number of carbonyl (C=O) groups is 1. The van der Waals surface area contributed by atoms with Crippen LogP contribution in [0.4, 0.5) is 4.39 Å². The first-order chi connectivity index (χ1) is 13.2. The standard InChI is InChI=1S/C23H16FNO2/c24-18-12-10-17(11-13-18)22-14-20(19-8-4-5-9-21(19)25-22)23(26)27-15-16-6-2-1-3-7-16/h1-14H,15H2. The third-order valence-corrected chi connectivity index (χ3v) is 4.29. The van der Waals surface area contributed by atoms with Gasteiger partial charge in [0.2, 0.25) is 0 Å². The Hall–Kier alpha value is -3.53. The van der Waals surface area contributed by atoms with Crippen LogP contribution in [0, 0.1) is 5.82 Å². The third kappa shape index (κ3) is 3.70. The quantitative estimate of drug-likeness (QED) is 0.459. The van der Waals surface area contributed by atoms with Crippen LogP contribution in [-0.4, -0.2) is 11.0 Å². The van der Waals surface area contributed by atoms with Gasteiger partial charge in [-0.15, -0.1) is 0 Å². The molecule has 4 rings (SSSR count). The number of pyridine rings is 1. The normalized spacial score (nSPS) is 10.7. The smallest absolute Gasteiger partial charge is 0.339 e. The second-order valence-corrected chi connectivity index (χ2v) is 6.14. The minimum atomic E-state index is -0.416. The van der Waals surface area contributed by atoms with Crippen LogP contribution in [-0.2, 0) is 11.3 Å². The summed E-state index contributed by atoms with van der Waals surface area (Å²) < 4.78 is 18.7. The lowest BCUT2D eigenvalue weighted by Crippen LogP contribution is -2.07. The number of ether oxygens (including phenoxy) is 1. The average molecular weight is 357 g/mol. The molecule has 0 radical (unpaired) electrons. The molecule has 0 bridgehead atoms. The van der Waals surface area contributed by atoms with Crippen molar-refractivity contribution in [1.82, 2.24) is 4.98 Å². The van der Waals surface area contributed by atoms with E-state index in [0.717, 1.165) is 16.5 Å². The fourth-order valence-electron chi connectivity index (χ4n) is 2.91. The van der Waals surface area contributed by atoms with Crippen molar-refractivity contribution in [2.75, 3.05) is 0 Å². The number of para-hydroxylation sites is 1. The molecule has 0 fully saturated rings. The summed E-state index contributed by atoms with van der Waals surface area (Å²) in [6.07, 6.45) is 0. The summed E-state index contributed by atoms with van der Waals surface area (Å²) >= 11 is 0. The summed E-state index contributed by atoms with van der Waals surface area (Å²) in [5.41, 5.74) is 3.38. The fraction of sp³-hybridized carbons (Fsp3) is 0.0435. The molecule has 0 atom stereocenters. The van der Waals surface area contributed by atoms with Gasteiger partial charge in [0.15, 0.2) is 0 Å². The topological polar surface area (TPSA) is 39.2 Å². The van der Waals surface area contributed by atoms with Gasteiger partial charge in [-0.2, -0.15) is 0 Å². The molecule has 0 aliphatic carbocycles. The zero-order valence-corrected chi connectivity index (χ0v) is 14.4. The van der Waals surface area contributed by atoms with E-state index in [-0.39, 0.29) is 12.4 Å². The molecule has 0 aliphatic rings. The predicted molar refractivity (Wildman–Crippen MR) is 103 cm³/mol. The molecule has 132 valence electrons. The van der Waals surface area contributed by atoms with Crippen molar-refractivity contribution in [2.24, 2.45) is 0 Å². The van der Waals surface area contributed by atoms with Crippen molar-refractivity contribution in [2.45, 2.75) is 6.61 Å². The first-order valence-electron chi connectivity index (χ1n) is 8.57. The van der Waals surface area contributed by atoms with Crippen molar-refractivity contribution in [3.63, 3.8) is 0 Å². The monoisotopic (exact) mass is 357 g/mol. The van der Waals surface area contributed by atoms with Gasteiger partial charge in [0.05, 0.1) is 16.8 Å². The molecule has 4 heteroatoms. The Bertz CT molecular complexity index is 1090. The summed E-state index contributed by atoms with van der Waals surface area (Å²) in [6.45, 7) is 0.197. The summed E-state index contributed by atoms with van der Waals surface area (Å²) in [5, 5.41) is 0.724. The molecule has 0 saturated heterocycles. The van der Waals surface area contributed by atoms with E-state index >= 15 is 0 Å². The number of fused-ring (bicyclic) bond motifs is 1. The predicted octanol–water partition coefficient (Wildman–Crippen LogP) is 5.40. The number of benzene rings is 3. The summed E-state index contributed by atoms with van der Waals surface area (Å²) in [6, 6.07) is 24.7. The Morgan fingerprint density at radius 3 is 2.37 bits per heavy atom. The Balaban J connectivity index is 1.72. The average Bonchev–Trinajstić information content (AvgIpc) is 2.72. The molecule has 3 aromatic carbocycles. The summed E-state index contributed by atoms with van der Waals surface area (Å²) in [7, 11) is 0. The first kappa shape index (κ1) is 16.9. The summed E-state index contributed by atoms with van der Waals surface area (Å²) in [5.74, 6) is -0.733. The molecule has 27 heavy (non-hydrogen) atoms. The van der Waals surface area contributed by atoms with Gasteiger partial charge in [0.1, 0.15) is 12.4 Å². The molecule has 0 aliphatic heterocycles. The van der Waals surface area contributed by atoms with E-state index in [2.05, 4.69) is 4.98 Å². The lowest BCUT2D eigenvalue weighted by atomic mass is 10.0. The Morgan fingerprint density at radius 2 is 1.59 bits per heavy atom. The van der Waals surface area contributed by atoms with Gasteiger partial charge in [-0.3, -0.25) is 0 Å². The molecule has 0 saturated carbocycles. The maximum absolute atomic E-state index is 13.2. The largest absolute Gasteiger partial charge is 0.457 e. The number of hydrogen-bond donors (Lipinski definition) is 0. The van der Waals surface area contributed by atoms with Gasteiger partial charge in [-0.05, 0) is 42.0 Å². The highest BCUT2D eigenvalue weighted by molar-refractivity contribution is 6.04. The fourth-order valence-corrected chi connectivity index (χ4v) is 2.91. The highest BCUT2D eigenvalue weighted by Crippen LogP contribution is 2.26. The number of carbonyl (C=O) groups excluding carboxylic acids is 1. The lowest BCUT2D eigenvalue weighted by molar-refractivity contribution is 0.0475. The van der Waals surface area contributed by atoms with Gasteiger partial charge in [-0.1, -0.05) is 48.5 Å². The van der Waals surface area contributed by atoms with E-state index in [4.69, 9.17) is 4.74 Å². The second-order valence-electron chi connectivity index (χ2n) is 6.14. The molecule has 0 N–H and O–H groups in total. The van der Waals surface area contributed by atoms with Crippen molar-refractivity contribution in [3.05, 3.63) is 102 Å². The highest BCUT2D eigenvalue weighted by Gasteiger charge is 2.15. The summed E-state index contributed by atoms with van der Waals surface area (Å²) in [4.78, 5) is 17.4. The first-order valence-corrected chi connectivity index (χ1v) is 8.57. The number of esters is 1. The van der Waals surface area contributed by atoms with Crippen molar-refractivity contribution in [1.29, 1.82) is 0 Å². The zero-order chi connectivity index (χ0) is 18.6. The van der Waals surface area contributed by atoms with Gasteiger partial charge in [0, 0.05) is 10.9 Å². The molecule has 1 heterocycles. The van der Waals surface area contributed by atoms with Crippen LogP contribution in [0.3, 0.4) is 0 Å². The van der Waals surface area contributed by atoms with Crippen LogP contribution < -0.4 is 0 Å². The number of rotatable bonds is 4. The second kappa shape index (κ2) is 7.38. The maximum atomic E-state index is 13.2. The van der Waals surface area contributed by atoms with Crippen LogP contribution in [0.1, 0.15) is 15.9 Å². The van der Waals surface area contributed by atoms with Crippen LogP contribution in [0.2, 0.25) is 0 Å². The van der Waals surface area contributed by atoms with E-state index in [1.54, 1.807) is 18.2 Å². The van der Waals surface area contributed by atoms with Crippen molar-refractivity contribution >= 4 is 16.9 Å². The number of aromatic nitrogens is 1. The van der Waals surface area contributed by atoms with E-state index in [1.807, 2.05) is 54.6 Å². The van der Waals surface area contributed by atoms with Crippen LogP contribution >= 0.6 is 0 Å². The molecule has 0 unspecified atom stereocenters. The van der Waals surface area contributed by atoms with Crippen LogP contribution in [0.15, 0.2) is 84.9 Å². The van der Waals surface area contributed by atoms with Gasteiger partial charge < -0.3 is 4.74 Å². The lowest BCUT2D eigenvalue weighted by Gasteiger charge is -2.10. The van der Waals surface area contributed by atoms with Gasteiger partial charge >= 0.3 is 5.97 Å². The molecule has 0 spiro atoms. The van der Waals surface area contributed by atoms with Crippen molar-refractivity contribution < 1.29 is 13.9 Å². The van der Waals surface area contributed by atoms with Crippen molar-refractivity contribution in [3.8, 4) is 11.3 Å². The third-order valence-electron chi connectivity index (χ3n) is 4.29. The van der Waals surface area contributed by atoms with Gasteiger partial charge in [-0.25, -0.2) is 14.2 Å². The number of nitrogens with zero attached hydrogens (tertiary/aromatic N) is 1. The van der Waals surface area contributed by atoms with E-state index in [9.17, 15) is 9.18 Å². The number of halogens is 1. The Labute approximate surface area is 156 Å². The molecular formula is C23H16FNO2. The van der Waals surface area contributed by atoms with Gasteiger partial charge in [0.25, 0.3) is 0 Å². The molecular weight excluding hydrogens is 341 g/mol. The maximum Gasteiger partial charge on any atom is 0.339 e. The van der Waals surface area contributed by atoms with Crippen LogP contribution in [0.25, 0.3) is 22.2 Å². The number of hydrogen-bond acceptors (Lipinski definition) is 3. The molecule has 4 aromatic rings. The Kier molecular flexibility index (Phi) is 4.62. The minimum Gasteiger partial charge on any atom is -0.457 e. The van der Waals surface area contributed by atoms with E-state index < -0.39 is 5.97 Å². The molecule has 1 aromatic heterocycles. The van der Waals surface area contributed by atoms with Crippen LogP contribution in [0.5, 0.6) is 0 Å². The minimum absolute atomic E-state index is 0.197.